The van der Waals surface area contributed by atoms with Crippen molar-refractivity contribution in [1.82, 2.24) is 9.55 Å². The van der Waals surface area contributed by atoms with Crippen LogP contribution in [0.2, 0.25) is 0 Å². The van der Waals surface area contributed by atoms with Crippen LogP contribution in [-0.4, -0.2) is 9.55 Å². The summed E-state index contributed by atoms with van der Waals surface area (Å²) >= 11 is 0. The van der Waals surface area contributed by atoms with E-state index in [1.807, 2.05) is 13.8 Å². The molecule has 1 aromatic rings. The van der Waals surface area contributed by atoms with Crippen LogP contribution < -0.4 is 40.2 Å². The Hall–Kier alpha value is -0.320. The van der Waals surface area contributed by atoms with E-state index in [1.54, 1.807) is 6.92 Å². The third-order valence-electron chi connectivity index (χ3n) is 1.65. The number of aryl methyl sites for hydroxylation is 1. The molecule has 0 N–H and O–H groups in total. The van der Waals surface area contributed by atoms with Gasteiger partial charge in [0, 0.05) is 18.3 Å². The average molecular weight is 204 g/mol. The SMILES string of the molecule is Cc1cc(=O)n(CC(C)C)c([O-])n1.[Na+]. The van der Waals surface area contributed by atoms with Crippen LogP contribution in [0.3, 0.4) is 0 Å². The molecule has 0 unspecified atom stereocenters. The summed E-state index contributed by atoms with van der Waals surface area (Å²) in [6.45, 7) is 5.98. The van der Waals surface area contributed by atoms with Crippen molar-refractivity contribution in [1.29, 1.82) is 0 Å². The predicted molar refractivity (Wildman–Crippen MR) is 47.5 cm³/mol. The van der Waals surface area contributed by atoms with Gasteiger partial charge in [-0.05, 0) is 12.8 Å². The van der Waals surface area contributed by atoms with E-state index in [0.29, 0.717) is 12.2 Å². The van der Waals surface area contributed by atoms with Gasteiger partial charge in [-0.1, -0.05) is 13.8 Å². The van der Waals surface area contributed by atoms with Gasteiger partial charge in [0.1, 0.15) is 0 Å². The first-order valence-corrected chi connectivity index (χ1v) is 4.26. The summed E-state index contributed by atoms with van der Waals surface area (Å²) in [7, 11) is 0. The summed E-state index contributed by atoms with van der Waals surface area (Å²) in [5.74, 6) is 0.273. The molecule has 0 radical (unpaired) electrons. The zero-order valence-corrected chi connectivity index (χ0v) is 11.1. The van der Waals surface area contributed by atoms with Gasteiger partial charge in [0.2, 0.25) is 0 Å². The first kappa shape index (κ1) is 13.7. The van der Waals surface area contributed by atoms with Gasteiger partial charge in [-0.2, -0.15) is 0 Å². The minimum absolute atomic E-state index is 0. The molecular weight excluding hydrogens is 191 g/mol. The fraction of sp³-hybridized carbons (Fsp3) is 0.556. The molecule has 0 bridgehead atoms. The molecule has 5 heteroatoms. The van der Waals surface area contributed by atoms with E-state index in [1.165, 1.54) is 6.07 Å². The van der Waals surface area contributed by atoms with Crippen LogP contribution in [0.1, 0.15) is 19.5 Å². The molecule has 1 rings (SSSR count). The second kappa shape index (κ2) is 5.53. The molecule has 0 atom stereocenters. The monoisotopic (exact) mass is 204 g/mol. The summed E-state index contributed by atoms with van der Waals surface area (Å²) in [4.78, 5) is 15.0. The summed E-state index contributed by atoms with van der Waals surface area (Å²) in [5.41, 5.74) is 0.223. The van der Waals surface area contributed by atoms with Gasteiger partial charge in [-0.3, -0.25) is 9.78 Å². The van der Waals surface area contributed by atoms with Gasteiger partial charge in [-0.25, -0.2) is 0 Å². The maximum atomic E-state index is 11.3. The second-order valence-electron chi connectivity index (χ2n) is 3.52. The van der Waals surface area contributed by atoms with E-state index in [0.717, 1.165) is 4.57 Å². The molecule has 0 spiro atoms. The van der Waals surface area contributed by atoms with Crippen LogP contribution in [-0.2, 0) is 6.54 Å². The molecule has 0 amide bonds. The summed E-state index contributed by atoms with van der Waals surface area (Å²) in [6, 6.07) is 0.933. The summed E-state index contributed by atoms with van der Waals surface area (Å²) < 4.78 is 1.16. The fourth-order valence-corrected chi connectivity index (χ4v) is 1.13. The van der Waals surface area contributed by atoms with E-state index in [-0.39, 0.29) is 41.0 Å². The third-order valence-corrected chi connectivity index (χ3v) is 1.65. The molecule has 0 saturated carbocycles. The molecule has 0 aliphatic carbocycles. The van der Waals surface area contributed by atoms with Crippen LogP contribution in [0.25, 0.3) is 0 Å². The average Bonchev–Trinajstić information content (AvgIpc) is 1.96. The molecule has 14 heavy (non-hydrogen) atoms. The van der Waals surface area contributed by atoms with Gasteiger partial charge >= 0.3 is 29.6 Å². The Morgan fingerprint density at radius 3 is 2.57 bits per heavy atom. The molecule has 1 heterocycles. The van der Waals surface area contributed by atoms with Crippen molar-refractivity contribution in [3.8, 4) is 6.01 Å². The molecule has 1 aromatic heterocycles. The van der Waals surface area contributed by atoms with E-state index in [2.05, 4.69) is 4.98 Å². The molecule has 4 nitrogen and oxygen atoms in total. The number of hydrogen-bond donors (Lipinski definition) is 0. The van der Waals surface area contributed by atoms with Gasteiger partial charge in [0.05, 0.1) is 6.01 Å². The molecular formula is C9H13N2NaO2. The Labute approximate surface area is 105 Å². The van der Waals surface area contributed by atoms with E-state index < -0.39 is 6.01 Å². The predicted octanol–water partition coefficient (Wildman–Crippen LogP) is -2.71. The van der Waals surface area contributed by atoms with Gasteiger partial charge in [0.15, 0.2) is 0 Å². The molecule has 0 aliphatic rings. The topological polar surface area (TPSA) is 58.0 Å². The zero-order chi connectivity index (χ0) is 10.0. The number of nitrogens with zero attached hydrogens (tertiary/aromatic N) is 2. The Balaban J connectivity index is 0.00000169. The van der Waals surface area contributed by atoms with Gasteiger partial charge in [0.25, 0.3) is 5.56 Å². The number of rotatable bonds is 2. The van der Waals surface area contributed by atoms with Crippen LogP contribution >= 0.6 is 0 Å². The zero-order valence-electron chi connectivity index (χ0n) is 9.07. The normalized spacial score (nSPS) is 10.0. The molecule has 0 aliphatic heterocycles. The van der Waals surface area contributed by atoms with Crippen molar-refractivity contribution in [2.75, 3.05) is 0 Å². The van der Waals surface area contributed by atoms with Crippen molar-refractivity contribution in [2.45, 2.75) is 27.3 Å². The van der Waals surface area contributed by atoms with E-state index in [4.69, 9.17) is 0 Å². The molecule has 0 saturated heterocycles. The maximum Gasteiger partial charge on any atom is 1.00 e. The number of aromatic nitrogens is 2. The second-order valence-corrected chi connectivity index (χ2v) is 3.52. The van der Waals surface area contributed by atoms with Crippen LogP contribution in [0.15, 0.2) is 10.9 Å². The largest absolute Gasteiger partial charge is 1.00 e. The maximum absolute atomic E-state index is 11.3. The first-order valence-electron chi connectivity index (χ1n) is 4.26. The van der Waals surface area contributed by atoms with Crippen molar-refractivity contribution < 1.29 is 34.7 Å². The minimum Gasteiger partial charge on any atom is -0.846 e. The Morgan fingerprint density at radius 2 is 2.14 bits per heavy atom. The van der Waals surface area contributed by atoms with Crippen LogP contribution in [0.4, 0.5) is 0 Å². The summed E-state index contributed by atoms with van der Waals surface area (Å²) in [6.07, 6.45) is 0. The van der Waals surface area contributed by atoms with Crippen LogP contribution in [0.5, 0.6) is 6.01 Å². The number of hydrogen-bond acceptors (Lipinski definition) is 3. The van der Waals surface area contributed by atoms with Gasteiger partial charge in [-0.15, -0.1) is 0 Å². The summed E-state index contributed by atoms with van der Waals surface area (Å²) in [5, 5.41) is 11.2. The molecule has 0 aromatic carbocycles. The molecule has 72 valence electrons. The third kappa shape index (κ3) is 3.44. The van der Waals surface area contributed by atoms with E-state index in [9.17, 15) is 9.90 Å². The van der Waals surface area contributed by atoms with Crippen molar-refractivity contribution >= 4 is 0 Å². The van der Waals surface area contributed by atoms with E-state index >= 15 is 0 Å². The quantitative estimate of drug-likeness (QED) is 0.492. The standard InChI is InChI=1S/C9H14N2O2.Na/c1-6(2)5-11-8(12)4-7(3)10-9(11)13;/h4,6H,5H2,1-3H3,(H,10,13);/q;+1/p-1. The Morgan fingerprint density at radius 1 is 1.57 bits per heavy atom. The van der Waals surface area contributed by atoms with Crippen molar-refractivity contribution in [2.24, 2.45) is 5.92 Å². The van der Waals surface area contributed by atoms with Crippen molar-refractivity contribution in [3.05, 3.63) is 22.1 Å². The minimum atomic E-state index is -0.446. The fourth-order valence-electron chi connectivity index (χ4n) is 1.13. The Bertz CT molecular complexity index is 360. The van der Waals surface area contributed by atoms with Crippen molar-refractivity contribution in [3.63, 3.8) is 0 Å². The first-order chi connectivity index (χ1) is 6.00. The smallest absolute Gasteiger partial charge is 0.846 e. The Kier molecular flexibility index (Phi) is 5.41. The molecule has 0 fully saturated rings. The van der Waals surface area contributed by atoms with Crippen LogP contribution in [0, 0.1) is 12.8 Å². The van der Waals surface area contributed by atoms with Gasteiger partial charge < -0.3 is 9.67 Å².